The summed E-state index contributed by atoms with van der Waals surface area (Å²) in [6.07, 6.45) is 1.69. The average molecular weight is 505 g/mol. The number of carbonyl (C=O) groups is 2. The number of benzene rings is 1. The third-order valence-corrected chi connectivity index (χ3v) is 8.52. The van der Waals surface area contributed by atoms with Crippen LogP contribution in [0.3, 0.4) is 0 Å². The van der Waals surface area contributed by atoms with Gasteiger partial charge < -0.3 is 24.4 Å². The molecule has 0 unspecified atom stereocenters. The van der Waals surface area contributed by atoms with Gasteiger partial charge in [0.1, 0.15) is 0 Å². The van der Waals surface area contributed by atoms with Crippen molar-refractivity contribution in [1.29, 1.82) is 0 Å². The van der Waals surface area contributed by atoms with Crippen molar-refractivity contribution in [2.75, 3.05) is 27.8 Å². The maximum atomic E-state index is 13.5. The molecular weight excluding hydrogens is 456 g/mol. The Labute approximate surface area is 218 Å². The van der Waals surface area contributed by atoms with Crippen LogP contribution in [-0.2, 0) is 19.1 Å². The molecule has 0 aromatic heterocycles. The lowest BCUT2D eigenvalue weighted by Gasteiger charge is -2.38. The Balaban J connectivity index is 2.11. The third kappa shape index (κ3) is 7.08. The van der Waals surface area contributed by atoms with Crippen LogP contribution in [0.25, 0.3) is 0 Å². The minimum absolute atomic E-state index is 0.0578. The van der Waals surface area contributed by atoms with E-state index in [-0.39, 0.29) is 29.9 Å². The predicted octanol–water partition coefficient (Wildman–Crippen LogP) is 4.30. The van der Waals surface area contributed by atoms with E-state index >= 15 is 0 Å². The molecule has 1 aliphatic heterocycles. The van der Waals surface area contributed by atoms with Crippen LogP contribution in [0.15, 0.2) is 30.3 Å². The van der Waals surface area contributed by atoms with E-state index in [4.69, 9.17) is 9.47 Å². The summed E-state index contributed by atoms with van der Waals surface area (Å²) in [6, 6.07) is 8.79. The Morgan fingerprint density at radius 3 is 2.31 bits per heavy atom. The zero-order chi connectivity index (χ0) is 27.0. The highest BCUT2D eigenvalue weighted by atomic mass is 16.5. The predicted molar refractivity (Wildman–Crippen MR) is 142 cm³/mol. The first-order valence-electron chi connectivity index (χ1n) is 13.4. The van der Waals surface area contributed by atoms with Crippen LogP contribution in [0.1, 0.15) is 72.0 Å². The lowest BCUT2D eigenvalue weighted by atomic mass is 9.87. The smallest absolute Gasteiger partial charge is 0.228 e. The van der Waals surface area contributed by atoms with Crippen LogP contribution in [0.4, 0.5) is 0 Å². The van der Waals surface area contributed by atoms with E-state index < -0.39 is 24.2 Å². The Kier molecular flexibility index (Phi) is 11.9. The van der Waals surface area contributed by atoms with Gasteiger partial charge in [0.15, 0.2) is 0 Å². The summed E-state index contributed by atoms with van der Waals surface area (Å²) in [5.41, 5.74) is 0.771. The van der Waals surface area contributed by atoms with E-state index in [2.05, 4.69) is 20.8 Å². The molecule has 2 amide bonds. The highest BCUT2D eigenvalue weighted by Crippen LogP contribution is 2.30. The molecule has 1 aromatic rings. The second kappa shape index (κ2) is 14.1. The first kappa shape index (κ1) is 30.3. The Morgan fingerprint density at radius 2 is 1.75 bits per heavy atom. The van der Waals surface area contributed by atoms with Crippen LogP contribution >= 0.6 is 0 Å². The fraction of sp³-hybridized carbons (Fsp3) is 0.724. The van der Waals surface area contributed by atoms with Gasteiger partial charge in [-0.25, -0.2) is 0 Å². The zero-order valence-electron chi connectivity index (χ0n) is 23.5. The number of ether oxygens (including phenoxy) is 2. The Hall–Kier alpha value is -1.96. The monoisotopic (exact) mass is 504 g/mol. The van der Waals surface area contributed by atoms with Gasteiger partial charge in [0.25, 0.3) is 0 Å². The molecule has 0 saturated carbocycles. The summed E-state index contributed by atoms with van der Waals surface area (Å²) in [6.45, 7) is 10.9. The molecule has 1 saturated heterocycles. The van der Waals surface area contributed by atoms with Crippen LogP contribution < -0.4 is 0 Å². The molecule has 1 N–H and O–H groups in total. The molecule has 36 heavy (non-hydrogen) atoms. The number of nitrogens with zero attached hydrogens (tertiary/aromatic N) is 2. The maximum absolute atomic E-state index is 13.5. The second-order valence-corrected chi connectivity index (χ2v) is 10.6. The summed E-state index contributed by atoms with van der Waals surface area (Å²) in [5, 5.41) is 10.8. The molecule has 1 aromatic carbocycles. The van der Waals surface area contributed by atoms with E-state index in [1.807, 2.05) is 49.1 Å². The van der Waals surface area contributed by atoms with E-state index in [1.54, 1.807) is 26.2 Å². The molecule has 7 nitrogen and oxygen atoms in total. The lowest BCUT2D eigenvalue weighted by molar-refractivity contribution is -0.148. The van der Waals surface area contributed by atoms with Crippen molar-refractivity contribution >= 4 is 11.8 Å². The molecule has 1 aliphatic rings. The standard InChI is InChI=1S/C29H48N2O5/c1-9-19(2)20(3)25(35-7)18-26(32)31-17-13-16-24(31)28(36-8)21(4)29(34)30(6)22(5)27(33)23-14-11-10-12-15-23/h10-12,14-15,19-22,24-25,27-28,33H,9,13,16-18H2,1-8H3/t19-,20-,21+,22+,24-,25+,27+,28+/m0/s1. The van der Waals surface area contributed by atoms with Crippen molar-refractivity contribution < 1.29 is 24.2 Å². The SMILES string of the molecule is CC[C@H](C)[C@H](C)[C@@H](CC(=O)N1CCC[C@H]1[C@H](OC)[C@@H](C)C(=O)N(C)[C@H](C)[C@@H](O)c1ccccc1)OC. The number of rotatable bonds is 13. The Bertz CT molecular complexity index is 819. The normalized spacial score (nSPS) is 21.8. The number of carbonyl (C=O) groups excluding carboxylic acids is 2. The largest absolute Gasteiger partial charge is 0.386 e. The minimum atomic E-state index is -0.795. The fourth-order valence-electron chi connectivity index (χ4n) is 5.45. The number of aliphatic hydroxyl groups is 1. The van der Waals surface area contributed by atoms with Gasteiger partial charge in [0, 0.05) is 27.8 Å². The highest BCUT2D eigenvalue weighted by molar-refractivity contribution is 5.80. The molecule has 0 bridgehead atoms. The summed E-state index contributed by atoms with van der Waals surface area (Å²) in [4.78, 5) is 30.4. The van der Waals surface area contributed by atoms with Gasteiger partial charge in [-0.2, -0.15) is 0 Å². The summed E-state index contributed by atoms with van der Waals surface area (Å²) < 4.78 is 11.6. The van der Waals surface area contributed by atoms with E-state index in [9.17, 15) is 14.7 Å². The molecule has 7 heteroatoms. The highest BCUT2D eigenvalue weighted by Gasteiger charge is 2.42. The second-order valence-electron chi connectivity index (χ2n) is 10.6. The summed E-state index contributed by atoms with van der Waals surface area (Å²) >= 11 is 0. The first-order chi connectivity index (χ1) is 17.1. The topological polar surface area (TPSA) is 79.3 Å². The van der Waals surface area contributed by atoms with Crippen molar-refractivity contribution in [2.45, 2.75) is 90.7 Å². The minimum Gasteiger partial charge on any atom is -0.386 e. The molecule has 1 heterocycles. The van der Waals surface area contributed by atoms with Crippen LogP contribution in [0.5, 0.6) is 0 Å². The first-order valence-corrected chi connectivity index (χ1v) is 13.4. The molecule has 204 valence electrons. The number of amides is 2. The number of methoxy groups -OCH3 is 2. The number of likely N-dealkylation sites (N-methyl/N-ethyl adjacent to an activating group) is 1. The molecular formula is C29H48N2O5. The van der Waals surface area contributed by atoms with Crippen LogP contribution in [-0.4, -0.2) is 78.8 Å². The molecule has 0 aliphatic carbocycles. The third-order valence-electron chi connectivity index (χ3n) is 8.52. The summed E-state index contributed by atoms with van der Waals surface area (Å²) in [5.74, 6) is 0.215. The molecule has 0 radical (unpaired) electrons. The van der Waals surface area contributed by atoms with Gasteiger partial charge in [-0.3, -0.25) is 9.59 Å². The van der Waals surface area contributed by atoms with Crippen LogP contribution in [0.2, 0.25) is 0 Å². The van der Waals surface area contributed by atoms with Crippen LogP contribution in [0, 0.1) is 17.8 Å². The zero-order valence-corrected chi connectivity index (χ0v) is 23.5. The fourth-order valence-corrected chi connectivity index (χ4v) is 5.45. The molecule has 1 fully saturated rings. The quantitative estimate of drug-likeness (QED) is 0.433. The summed E-state index contributed by atoms with van der Waals surface area (Å²) in [7, 11) is 5.01. The number of likely N-dealkylation sites (tertiary alicyclic amines) is 1. The maximum Gasteiger partial charge on any atom is 0.228 e. The van der Waals surface area contributed by atoms with Gasteiger partial charge in [0.05, 0.1) is 42.7 Å². The Morgan fingerprint density at radius 1 is 1.11 bits per heavy atom. The van der Waals surface area contributed by atoms with Crippen molar-refractivity contribution in [1.82, 2.24) is 9.80 Å². The van der Waals surface area contributed by atoms with Gasteiger partial charge in [-0.05, 0) is 37.2 Å². The van der Waals surface area contributed by atoms with Crippen molar-refractivity contribution in [3.05, 3.63) is 35.9 Å². The van der Waals surface area contributed by atoms with Gasteiger partial charge in [-0.15, -0.1) is 0 Å². The van der Waals surface area contributed by atoms with Gasteiger partial charge in [-0.1, -0.05) is 64.4 Å². The van der Waals surface area contributed by atoms with E-state index in [1.165, 1.54) is 0 Å². The number of hydrogen-bond donors (Lipinski definition) is 1. The number of aliphatic hydroxyl groups excluding tert-OH is 1. The molecule has 8 atom stereocenters. The van der Waals surface area contributed by atoms with E-state index in [0.717, 1.165) is 24.8 Å². The van der Waals surface area contributed by atoms with Crippen molar-refractivity contribution in [3.63, 3.8) is 0 Å². The van der Waals surface area contributed by atoms with Crippen molar-refractivity contribution in [2.24, 2.45) is 17.8 Å². The van der Waals surface area contributed by atoms with Gasteiger partial charge in [0.2, 0.25) is 11.8 Å². The van der Waals surface area contributed by atoms with Gasteiger partial charge >= 0.3 is 0 Å². The lowest BCUT2D eigenvalue weighted by Crippen LogP contribution is -2.52. The average Bonchev–Trinajstić information content (AvgIpc) is 3.39. The number of hydrogen-bond acceptors (Lipinski definition) is 5. The molecule has 2 rings (SSSR count). The molecule has 0 spiro atoms. The van der Waals surface area contributed by atoms with Crippen molar-refractivity contribution in [3.8, 4) is 0 Å². The van der Waals surface area contributed by atoms with E-state index in [0.29, 0.717) is 18.9 Å².